The number of nitrogens with zero attached hydrogens (tertiary/aromatic N) is 1. The molecule has 0 saturated heterocycles. The summed E-state index contributed by atoms with van der Waals surface area (Å²) < 4.78 is 13.5. The van der Waals surface area contributed by atoms with Crippen molar-refractivity contribution >= 4 is 18.1 Å². The standard InChI is InChI=1S/C23H27N3O3S/c1-15(2)14-29-20-11-10-17(12-21(20)28-4)16(3)25-22(27)19-13-24-23(30)26(19)18-8-6-5-7-9-18/h5-13,15-16H,14H2,1-4H3,(H,24,30)(H,25,27). The van der Waals surface area contributed by atoms with Crippen LogP contribution in [0.3, 0.4) is 0 Å². The normalized spacial score (nSPS) is 11.9. The molecule has 0 radical (unpaired) electrons. The Balaban J connectivity index is 1.79. The molecule has 158 valence electrons. The SMILES string of the molecule is COc1cc(C(C)NC(=O)c2c[nH]c(=S)n2-c2ccccc2)ccc1OCC(C)C. The van der Waals surface area contributed by atoms with Crippen molar-refractivity contribution in [2.45, 2.75) is 26.8 Å². The van der Waals surface area contributed by atoms with Crippen LogP contribution in [0.2, 0.25) is 0 Å². The fourth-order valence-corrected chi connectivity index (χ4v) is 3.31. The first-order chi connectivity index (χ1) is 14.4. The van der Waals surface area contributed by atoms with Gasteiger partial charge in [0.05, 0.1) is 19.8 Å². The van der Waals surface area contributed by atoms with E-state index in [9.17, 15) is 4.79 Å². The first-order valence-corrected chi connectivity index (χ1v) is 10.3. The summed E-state index contributed by atoms with van der Waals surface area (Å²) in [7, 11) is 1.61. The smallest absolute Gasteiger partial charge is 0.270 e. The Morgan fingerprint density at radius 3 is 2.53 bits per heavy atom. The number of carbonyl (C=O) groups excluding carboxylic acids is 1. The molecule has 1 unspecified atom stereocenters. The minimum atomic E-state index is -0.238. The van der Waals surface area contributed by atoms with Gasteiger partial charge in [-0.15, -0.1) is 0 Å². The minimum Gasteiger partial charge on any atom is -0.493 e. The predicted molar refractivity (Wildman–Crippen MR) is 120 cm³/mol. The highest BCUT2D eigenvalue weighted by atomic mass is 32.1. The van der Waals surface area contributed by atoms with E-state index >= 15 is 0 Å². The molecule has 2 aromatic carbocycles. The van der Waals surface area contributed by atoms with Crippen molar-refractivity contribution in [3.63, 3.8) is 0 Å². The predicted octanol–water partition coefficient (Wildman–Crippen LogP) is 5.07. The van der Waals surface area contributed by atoms with Gasteiger partial charge >= 0.3 is 0 Å². The van der Waals surface area contributed by atoms with Crippen LogP contribution in [0.4, 0.5) is 0 Å². The number of methoxy groups -OCH3 is 1. The maximum absolute atomic E-state index is 13.0. The zero-order chi connectivity index (χ0) is 21.7. The zero-order valence-electron chi connectivity index (χ0n) is 17.6. The molecule has 0 saturated carbocycles. The van der Waals surface area contributed by atoms with Crippen LogP contribution < -0.4 is 14.8 Å². The number of rotatable bonds is 8. The summed E-state index contributed by atoms with van der Waals surface area (Å²) in [5, 5.41) is 3.03. The maximum Gasteiger partial charge on any atom is 0.270 e. The third-order valence-corrected chi connectivity index (χ3v) is 4.93. The Labute approximate surface area is 181 Å². The van der Waals surface area contributed by atoms with Crippen molar-refractivity contribution in [3.8, 4) is 17.2 Å². The van der Waals surface area contributed by atoms with Crippen molar-refractivity contribution in [2.24, 2.45) is 5.92 Å². The lowest BCUT2D eigenvalue weighted by Gasteiger charge is -2.18. The van der Waals surface area contributed by atoms with Crippen LogP contribution in [-0.4, -0.2) is 29.2 Å². The Hall–Kier alpha value is -3.06. The molecule has 1 amide bonds. The molecule has 0 aliphatic heterocycles. The molecule has 0 spiro atoms. The lowest BCUT2D eigenvalue weighted by atomic mass is 10.1. The van der Waals surface area contributed by atoms with Crippen molar-refractivity contribution < 1.29 is 14.3 Å². The molecular formula is C23H27N3O3S. The molecule has 2 N–H and O–H groups in total. The summed E-state index contributed by atoms with van der Waals surface area (Å²) in [6, 6.07) is 15.0. The minimum absolute atomic E-state index is 0.224. The number of amides is 1. The summed E-state index contributed by atoms with van der Waals surface area (Å²) in [6.45, 7) is 6.72. The van der Waals surface area contributed by atoms with Crippen LogP contribution in [0.5, 0.6) is 11.5 Å². The van der Waals surface area contributed by atoms with E-state index in [1.807, 2.05) is 55.5 Å². The van der Waals surface area contributed by atoms with Gasteiger partial charge < -0.3 is 19.8 Å². The molecule has 0 aliphatic carbocycles. The Morgan fingerprint density at radius 1 is 1.13 bits per heavy atom. The number of aromatic nitrogens is 2. The van der Waals surface area contributed by atoms with E-state index in [1.165, 1.54) is 0 Å². The number of hydrogen-bond acceptors (Lipinski definition) is 4. The highest BCUT2D eigenvalue weighted by Crippen LogP contribution is 2.30. The third kappa shape index (κ3) is 4.91. The summed E-state index contributed by atoms with van der Waals surface area (Å²) in [5.74, 6) is 1.53. The second kappa shape index (κ2) is 9.63. The molecule has 30 heavy (non-hydrogen) atoms. The van der Waals surface area contributed by atoms with E-state index in [4.69, 9.17) is 21.7 Å². The first-order valence-electron chi connectivity index (χ1n) is 9.88. The van der Waals surface area contributed by atoms with Crippen LogP contribution in [0.25, 0.3) is 5.69 Å². The molecule has 0 bridgehead atoms. The summed E-state index contributed by atoms with van der Waals surface area (Å²) in [4.78, 5) is 15.9. The van der Waals surface area contributed by atoms with E-state index < -0.39 is 0 Å². The first kappa shape index (κ1) is 21.6. The average Bonchev–Trinajstić information content (AvgIpc) is 3.14. The highest BCUT2D eigenvalue weighted by Gasteiger charge is 2.18. The topological polar surface area (TPSA) is 68.3 Å². The Morgan fingerprint density at radius 2 is 1.87 bits per heavy atom. The van der Waals surface area contributed by atoms with Gasteiger partial charge in [-0.05, 0) is 54.9 Å². The van der Waals surface area contributed by atoms with Crippen molar-refractivity contribution in [2.75, 3.05) is 13.7 Å². The third-order valence-electron chi connectivity index (χ3n) is 4.63. The second-order valence-electron chi connectivity index (χ2n) is 7.46. The number of ether oxygens (including phenoxy) is 2. The van der Waals surface area contributed by atoms with Crippen molar-refractivity contribution in [1.29, 1.82) is 0 Å². The molecule has 1 atom stereocenters. The van der Waals surface area contributed by atoms with E-state index in [0.29, 0.717) is 34.5 Å². The Bertz CT molecular complexity index is 1060. The van der Waals surface area contributed by atoms with Gasteiger partial charge in [0.25, 0.3) is 5.91 Å². The molecule has 6 nitrogen and oxygen atoms in total. The monoisotopic (exact) mass is 425 g/mol. The number of carbonyl (C=O) groups is 1. The molecule has 3 rings (SSSR count). The van der Waals surface area contributed by atoms with Crippen LogP contribution >= 0.6 is 12.2 Å². The maximum atomic E-state index is 13.0. The van der Waals surface area contributed by atoms with Gasteiger partial charge in [-0.3, -0.25) is 9.36 Å². The number of aromatic amines is 1. The van der Waals surface area contributed by atoms with Crippen LogP contribution in [0.15, 0.2) is 54.7 Å². The molecular weight excluding hydrogens is 398 g/mol. The van der Waals surface area contributed by atoms with Crippen molar-refractivity contribution in [3.05, 3.63) is 70.8 Å². The quantitative estimate of drug-likeness (QED) is 0.495. The van der Waals surface area contributed by atoms with Crippen LogP contribution in [-0.2, 0) is 0 Å². The number of H-pyrrole nitrogens is 1. The summed E-state index contributed by atoms with van der Waals surface area (Å²) in [5.41, 5.74) is 2.19. The summed E-state index contributed by atoms with van der Waals surface area (Å²) >= 11 is 5.37. The van der Waals surface area contributed by atoms with Crippen LogP contribution in [0.1, 0.15) is 42.9 Å². The molecule has 0 aliphatic rings. The molecule has 1 heterocycles. The molecule has 3 aromatic rings. The van der Waals surface area contributed by atoms with Gasteiger partial charge in [0.2, 0.25) is 0 Å². The second-order valence-corrected chi connectivity index (χ2v) is 7.85. The van der Waals surface area contributed by atoms with Gasteiger partial charge in [-0.2, -0.15) is 0 Å². The van der Waals surface area contributed by atoms with Crippen molar-refractivity contribution in [1.82, 2.24) is 14.9 Å². The van der Waals surface area contributed by atoms with E-state index in [0.717, 1.165) is 11.3 Å². The lowest BCUT2D eigenvalue weighted by Crippen LogP contribution is -2.28. The van der Waals surface area contributed by atoms with Gasteiger partial charge in [-0.1, -0.05) is 38.1 Å². The number of hydrogen-bond donors (Lipinski definition) is 2. The van der Waals surface area contributed by atoms with Crippen LogP contribution in [0, 0.1) is 10.7 Å². The van der Waals surface area contributed by atoms with Gasteiger partial charge in [-0.25, -0.2) is 0 Å². The lowest BCUT2D eigenvalue weighted by molar-refractivity contribution is 0.0933. The average molecular weight is 426 g/mol. The highest BCUT2D eigenvalue weighted by molar-refractivity contribution is 7.71. The van der Waals surface area contributed by atoms with Gasteiger partial charge in [0.15, 0.2) is 16.3 Å². The van der Waals surface area contributed by atoms with E-state index in [-0.39, 0.29) is 11.9 Å². The molecule has 7 heteroatoms. The summed E-state index contributed by atoms with van der Waals surface area (Å²) in [6.07, 6.45) is 1.63. The fraction of sp³-hybridized carbons (Fsp3) is 0.304. The molecule has 1 aromatic heterocycles. The Kier molecular flexibility index (Phi) is 6.95. The number of imidazole rings is 1. The van der Waals surface area contributed by atoms with E-state index in [1.54, 1.807) is 17.9 Å². The van der Waals surface area contributed by atoms with Gasteiger partial charge in [0.1, 0.15) is 5.69 Å². The number of nitrogens with one attached hydrogen (secondary N) is 2. The number of benzene rings is 2. The fourth-order valence-electron chi connectivity index (χ4n) is 3.05. The zero-order valence-corrected chi connectivity index (χ0v) is 18.5. The number of para-hydroxylation sites is 1. The largest absolute Gasteiger partial charge is 0.493 e. The van der Waals surface area contributed by atoms with E-state index in [2.05, 4.69) is 24.1 Å². The molecule has 0 fully saturated rings. The van der Waals surface area contributed by atoms with Gasteiger partial charge in [0, 0.05) is 11.9 Å².